The molecule has 0 radical (unpaired) electrons. The third-order valence-electron chi connectivity index (χ3n) is 3.88. The summed E-state index contributed by atoms with van der Waals surface area (Å²) < 4.78 is 0.379. The zero-order valence-electron chi connectivity index (χ0n) is 14.9. The third-order valence-corrected chi connectivity index (χ3v) is 3.88. The van der Waals surface area contributed by atoms with E-state index in [1.54, 1.807) is 0 Å². The van der Waals surface area contributed by atoms with Gasteiger partial charge in [0.1, 0.15) is 6.54 Å². The first-order valence-electron chi connectivity index (χ1n) is 8.77. The zero-order valence-corrected chi connectivity index (χ0v) is 14.9. The molecule has 0 unspecified atom stereocenters. The highest BCUT2D eigenvalue weighted by Gasteiger charge is 2.14. The number of carbonyl (C=O) groups excluding carboxylic acids is 2. The molecule has 5 heteroatoms. The fourth-order valence-electron chi connectivity index (χ4n) is 2.53. The fraction of sp³-hybridized carbons (Fsp3) is 0.778. The molecule has 0 bridgehead atoms. The van der Waals surface area contributed by atoms with Crippen molar-refractivity contribution in [3.05, 3.63) is 12.7 Å². The fourth-order valence-corrected chi connectivity index (χ4v) is 2.53. The first-order chi connectivity index (χ1) is 10.9. The molecule has 0 heterocycles. The molecule has 0 aliphatic carbocycles. The average molecular weight is 326 g/mol. The number of carboxylic acid groups (broad SMARTS) is 1. The zero-order chi connectivity index (χ0) is 17.6. The van der Waals surface area contributed by atoms with E-state index < -0.39 is 5.97 Å². The lowest BCUT2D eigenvalue weighted by Crippen LogP contribution is -2.49. The highest BCUT2D eigenvalue weighted by molar-refractivity contribution is 5.75. The van der Waals surface area contributed by atoms with E-state index in [1.165, 1.54) is 25.7 Å². The predicted molar refractivity (Wildman–Crippen MR) is 91.6 cm³/mol. The van der Waals surface area contributed by atoms with Crippen molar-refractivity contribution in [3.63, 3.8) is 0 Å². The second-order valence-corrected chi connectivity index (χ2v) is 6.84. The number of nitrogens with zero attached hydrogens (tertiary/aromatic N) is 1. The number of hydrogen-bond acceptors (Lipinski definition) is 3. The molecule has 23 heavy (non-hydrogen) atoms. The van der Waals surface area contributed by atoms with E-state index >= 15 is 0 Å². The molecule has 5 nitrogen and oxygen atoms in total. The number of likely N-dealkylation sites (N-methyl/N-ethyl adjacent to an activating group) is 1. The van der Waals surface area contributed by atoms with Gasteiger partial charge in [0.25, 0.3) is 0 Å². The minimum Gasteiger partial charge on any atom is -0.544 e. The number of carboxylic acids is 1. The normalized spacial score (nSPS) is 11.2. The lowest BCUT2D eigenvalue weighted by atomic mass is 10.1. The van der Waals surface area contributed by atoms with Crippen LogP contribution in [0.25, 0.3) is 0 Å². The molecule has 0 rings (SSSR count). The molecule has 0 aromatic rings. The van der Waals surface area contributed by atoms with Gasteiger partial charge in [0, 0.05) is 19.4 Å². The molecular weight excluding hydrogens is 292 g/mol. The number of hydrogen-bond donors (Lipinski definition) is 1. The van der Waals surface area contributed by atoms with Gasteiger partial charge in [-0.2, -0.15) is 0 Å². The molecule has 1 N–H and O–H groups in total. The quantitative estimate of drug-likeness (QED) is 0.282. The van der Waals surface area contributed by atoms with Crippen LogP contribution >= 0.6 is 0 Å². The lowest BCUT2D eigenvalue weighted by Gasteiger charge is -2.30. The van der Waals surface area contributed by atoms with Crippen molar-refractivity contribution in [2.24, 2.45) is 0 Å². The molecule has 0 saturated heterocycles. The largest absolute Gasteiger partial charge is 0.544 e. The molecule has 0 aromatic heterocycles. The van der Waals surface area contributed by atoms with E-state index in [-0.39, 0.29) is 12.5 Å². The molecule has 0 aliphatic heterocycles. The molecule has 0 aromatic carbocycles. The standard InChI is InChI=1S/C18H34N2O3/c1-4-5-6-7-8-9-10-11-13-17(21)19-14-12-15-20(2,3)16-18(22)23/h4H,1,5-16H2,2-3H3,(H-,19,21,22,23). The number of quaternary nitrogens is 1. The van der Waals surface area contributed by atoms with Crippen LogP contribution < -0.4 is 10.4 Å². The Labute approximate surface area is 141 Å². The monoisotopic (exact) mass is 326 g/mol. The summed E-state index contributed by atoms with van der Waals surface area (Å²) in [5.74, 6) is -0.939. The molecule has 0 fully saturated rings. The van der Waals surface area contributed by atoms with E-state index in [9.17, 15) is 14.7 Å². The van der Waals surface area contributed by atoms with Crippen LogP contribution in [0.2, 0.25) is 0 Å². The van der Waals surface area contributed by atoms with Gasteiger partial charge in [-0.1, -0.05) is 31.8 Å². The van der Waals surface area contributed by atoms with Gasteiger partial charge in [0.2, 0.25) is 5.91 Å². The van der Waals surface area contributed by atoms with Gasteiger partial charge in [-0.3, -0.25) is 4.79 Å². The maximum absolute atomic E-state index is 11.7. The summed E-state index contributed by atoms with van der Waals surface area (Å²) in [5.41, 5.74) is 0. The van der Waals surface area contributed by atoms with Gasteiger partial charge >= 0.3 is 0 Å². The number of allylic oxidation sites excluding steroid dienone is 1. The Morgan fingerprint density at radius 2 is 1.65 bits per heavy atom. The van der Waals surface area contributed by atoms with Crippen LogP contribution in [0.1, 0.15) is 57.8 Å². The summed E-state index contributed by atoms with van der Waals surface area (Å²) in [5, 5.41) is 13.5. The van der Waals surface area contributed by atoms with Crippen molar-refractivity contribution >= 4 is 11.9 Å². The first kappa shape index (κ1) is 21.6. The van der Waals surface area contributed by atoms with Gasteiger partial charge in [0.05, 0.1) is 26.6 Å². The summed E-state index contributed by atoms with van der Waals surface area (Å²) in [6, 6.07) is 0. The lowest BCUT2D eigenvalue weighted by molar-refractivity contribution is -0.884. The maximum atomic E-state index is 11.7. The van der Waals surface area contributed by atoms with Crippen LogP contribution in [0.15, 0.2) is 12.7 Å². The second kappa shape index (κ2) is 13.1. The highest BCUT2D eigenvalue weighted by atomic mass is 16.4. The van der Waals surface area contributed by atoms with Crippen LogP contribution in [-0.2, 0) is 9.59 Å². The molecule has 134 valence electrons. The van der Waals surface area contributed by atoms with Crippen LogP contribution in [0, 0.1) is 0 Å². The average Bonchev–Trinajstić information content (AvgIpc) is 2.45. The topological polar surface area (TPSA) is 69.2 Å². The van der Waals surface area contributed by atoms with Crippen molar-refractivity contribution < 1.29 is 19.2 Å². The van der Waals surface area contributed by atoms with E-state index in [2.05, 4.69) is 11.9 Å². The summed E-state index contributed by atoms with van der Waals surface area (Å²) >= 11 is 0. The van der Waals surface area contributed by atoms with Crippen molar-refractivity contribution in [2.75, 3.05) is 33.7 Å². The van der Waals surface area contributed by atoms with Crippen molar-refractivity contribution in [1.82, 2.24) is 5.32 Å². The van der Waals surface area contributed by atoms with Gasteiger partial charge in [-0.25, -0.2) is 0 Å². The minimum atomic E-state index is -1.04. The summed E-state index contributed by atoms with van der Waals surface area (Å²) in [6.45, 7) is 5.02. The Balaban J connectivity index is 3.47. The summed E-state index contributed by atoms with van der Waals surface area (Å²) in [7, 11) is 3.71. The van der Waals surface area contributed by atoms with E-state index in [0.717, 1.165) is 25.7 Å². The molecule has 0 atom stereocenters. The Kier molecular flexibility index (Phi) is 12.3. The van der Waals surface area contributed by atoms with Crippen molar-refractivity contribution in [2.45, 2.75) is 57.8 Å². The van der Waals surface area contributed by atoms with E-state index in [1.807, 2.05) is 20.2 Å². The SMILES string of the molecule is C=CCCCCCCCCC(=O)NCCC[N+](C)(C)CC(=O)[O-]. The highest BCUT2D eigenvalue weighted by Crippen LogP contribution is 2.08. The third kappa shape index (κ3) is 15.3. The summed E-state index contributed by atoms with van der Waals surface area (Å²) in [4.78, 5) is 22.3. The van der Waals surface area contributed by atoms with Crippen LogP contribution in [0.5, 0.6) is 0 Å². The predicted octanol–water partition coefficient (Wildman–Crippen LogP) is 1.63. The number of rotatable bonds is 15. The van der Waals surface area contributed by atoms with Crippen LogP contribution in [0.3, 0.4) is 0 Å². The number of nitrogens with one attached hydrogen (secondary N) is 1. The van der Waals surface area contributed by atoms with Gasteiger partial charge in [-0.05, 0) is 19.3 Å². The van der Waals surface area contributed by atoms with E-state index in [4.69, 9.17) is 0 Å². The Bertz CT molecular complexity index is 354. The Morgan fingerprint density at radius 3 is 2.26 bits per heavy atom. The van der Waals surface area contributed by atoms with Gasteiger partial charge in [0.15, 0.2) is 0 Å². The molecule has 0 saturated carbocycles. The number of aliphatic carboxylic acids is 1. The van der Waals surface area contributed by atoms with E-state index in [0.29, 0.717) is 24.0 Å². The number of carbonyl (C=O) groups is 2. The number of unbranched alkanes of at least 4 members (excludes halogenated alkanes) is 6. The van der Waals surface area contributed by atoms with Crippen LogP contribution in [0.4, 0.5) is 0 Å². The molecule has 1 amide bonds. The minimum absolute atomic E-state index is 0.000740. The summed E-state index contributed by atoms with van der Waals surface area (Å²) in [6.07, 6.45) is 11.4. The van der Waals surface area contributed by atoms with Crippen LogP contribution in [-0.4, -0.2) is 50.1 Å². The first-order valence-corrected chi connectivity index (χ1v) is 8.77. The number of amides is 1. The van der Waals surface area contributed by atoms with Crippen molar-refractivity contribution in [1.29, 1.82) is 0 Å². The maximum Gasteiger partial charge on any atom is 0.219 e. The van der Waals surface area contributed by atoms with Gasteiger partial charge in [-0.15, -0.1) is 6.58 Å². The van der Waals surface area contributed by atoms with Crippen molar-refractivity contribution in [3.8, 4) is 0 Å². The van der Waals surface area contributed by atoms with Gasteiger partial charge < -0.3 is 19.7 Å². The molecule has 0 spiro atoms. The molecule has 0 aliphatic rings. The Morgan fingerprint density at radius 1 is 1.04 bits per heavy atom. The Hall–Kier alpha value is -1.36. The smallest absolute Gasteiger partial charge is 0.219 e. The second-order valence-electron chi connectivity index (χ2n) is 6.84. The molecular formula is C18H34N2O3.